The van der Waals surface area contributed by atoms with Crippen molar-refractivity contribution in [1.82, 2.24) is 15.1 Å². The van der Waals surface area contributed by atoms with Crippen LogP contribution in [-0.4, -0.2) is 35.9 Å². The Morgan fingerprint density at radius 3 is 3.13 bits per heavy atom. The average molecular weight is 276 g/mol. The molecule has 1 aromatic heterocycles. The monoisotopic (exact) mass is 275 g/mol. The first-order valence-electron chi connectivity index (χ1n) is 4.66. The second-order valence-electron chi connectivity index (χ2n) is 3.01. The van der Waals surface area contributed by atoms with Crippen LogP contribution >= 0.6 is 15.9 Å². The van der Waals surface area contributed by atoms with Gasteiger partial charge in [0.25, 0.3) is 0 Å². The van der Waals surface area contributed by atoms with Gasteiger partial charge in [-0.15, -0.1) is 0 Å². The number of hydrogen-bond donors (Lipinski definition) is 1. The van der Waals surface area contributed by atoms with Crippen LogP contribution in [0.2, 0.25) is 0 Å². The van der Waals surface area contributed by atoms with E-state index in [0.29, 0.717) is 26.1 Å². The summed E-state index contributed by atoms with van der Waals surface area (Å²) in [6.45, 7) is 1.68. The zero-order valence-electron chi connectivity index (χ0n) is 8.57. The Labute approximate surface area is 96.9 Å². The molecule has 0 fully saturated rings. The number of carbonyl (C=O) groups is 1. The van der Waals surface area contributed by atoms with Gasteiger partial charge in [-0.1, -0.05) is 0 Å². The quantitative estimate of drug-likeness (QED) is 0.782. The Balaban J connectivity index is 2.16. The molecule has 0 saturated carbocycles. The van der Waals surface area contributed by atoms with E-state index in [1.807, 2.05) is 6.20 Å². The first kappa shape index (κ1) is 12.2. The van der Waals surface area contributed by atoms with Crippen LogP contribution < -0.4 is 5.32 Å². The summed E-state index contributed by atoms with van der Waals surface area (Å²) < 4.78 is 7.46. The Morgan fingerprint density at radius 1 is 1.73 bits per heavy atom. The highest BCUT2D eigenvalue weighted by Crippen LogP contribution is 2.06. The van der Waals surface area contributed by atoms with Gasteiger partial charge < -0.3 is 10.1 Å². The van der Waals surface area contributed by atoms with Crippen LogP contribution in [0.3, 0.4) is 0 Å². The van der Waals surface area contributed by atoms with E-state index in [1.54, 1.807) is 18.0 Å². The first-order chi connectivity index (χ1) is 7.22. The molecule has 1 heterocycles. The summed E-state index contributed by atoms with van der Waals surface area (Å²) in [6, 6.07) is 0. The van der Waals surface area contributed by atoms with E-state index in [-0.39, 0.29) is 5.91 Å². The molecule has 0 spiro atoms. The van der Waals surface area contributed by atoms with Crippen molar-refractivity contribution in [2.45, 2.75) is 13.0 Å². The predicted octanol–water partition coefficient (Wildman–Crippen LogP) is 0.798. The fraction of sp³-hybridized carbons (Fsp3) is 0.556. The first-order valence-corrected chi connectivity index (χ1v) is 5.45. The molecule has 1 N–H and O–H groups in total. The van der Waals surface area contributed by atoms with Gasteiger partial charge in [-0.2, -0.15) is 5.10 Å². The summed E-state index contributed by atoms with van der Waals surface area (Å²) in [5.41, 5.74) is 0. The molecule has 0 aromatic carbocycles. The maximum absolute atomic E-state index is 11.3. The number of methoxy groups -OCH3 is 1. The molecule has 0 unspecified atom stereocenters. The predicted molar refractivity (Wildman–Crippen MR) is 59.4 cm³/mol. The molecule has 5 nitrogen and oxygen atoms in total. The standard InChI is InChI=1S/C9H14BrN3O2/c1-15-5-3-11-9(14)2-4-13-7-8(10)6-12-13/h6-7H,2-5H2,1H3,(H,11,14). The number of nitrogens with one attached hydrogen (secondary N) is 1. The molecule has 15 heavy (non-hydrogen) atoms. The maximum Gasteiger partial charge on any atom is 0.221 e. The largest absolute Gasteiger partial charge is 0.383 e. The molecule has 1 rings (SSSR count). The van der Waals surface area contributed by atoms with Crippen molar-refractivity contribution >= 4 is 21.8 Å². The Kier molecular flexibility index (Phi) is 5.34. The van der Waals surface area contributed by atoms with E-state index < -0.39 is 0 Å². The normalized spacial score (nSPS) is 10.3. The Morgan fingerprint density at radius 2 is 2.53 bits per heavy atom. The lowest BCUT2D eigenvalue weighted by molar-refractivity contribution is -0.121. The minimum Gasteiger partial charge on any atom is -0.383 e. The lowest BCUT2D eigenvalue weighted by atomic mass is 10.4. The molecule has 0 radical (unpaired) electrons. The van der Waals surface area contributed by atoms with Gasteiger partial charge in [0.1, 0.15) is 0 Å². The third-order valence-corrected chi connectivity index (χ3v) is 2.21. The molecule has 6 heteroatoms. The molecular formula is C9H14BrN3O2. The highest BCUT2D eigenvalue weighted by Gasteiger charge is 2.01. The third-order valence-electron chi connectivity index (χ3n) is 1.80. The minimum atomic E-state index is 0.0127. The summed E-state index contributed by atoms with van der Waals surface area (Å²) in [5.74, 6) is 0.0127. The van der Waals surface area contributed by atoms with Crippen LogP contribution in [-0.2, 0) is 16.1 Å². The van der Waals surface area contributed by atoms with Crippen LogP contribution in [0.4, 0.5) is 0 Å². The second-order valence-corrected chi connectivity index (χ2v) is 3.93. The molecule has 0 saturated heterocycles. The van der Waals surface area contributed by atoms with Gasteiger partial charge in [0.15, 0.2) is 0 Å². The summed E-state index contributed by atoms with van der Waals surface area (Å²) in [6.07, 6.45) is 3.96. The van der Waals surface area contributed by atoms with Crippen LogP contribution in [0.1, 0.15) is 6.42 Å². The molecule has 0 bridgehead atoms. The Hall–Kier alpha value is -0.880. The van der Waals surface area contributed by atoms with E-state index in [0.717, 1.165) is 4.47 Å². The van der Waals surface area contributed by atoms with E-state index >= 15 is 0 Å². The molecule has 0 aliphatic carbocycles. The van der Waals surface area contributed by atoms with Gasteiger partial charge in [-0.3, -0.25) is 9.48 Å². The summed E-state index contributed by atoms with van der Waals surface area (Å²) in [4.78, 5) is 11.3. The summed E-state index contributed by atoms with van der Waals surface area (Å²) in [7, 11) is 1.60. The average Bonchev–Trinajstić information content (AvgIpc) is 2.62. The number of amides is 1. The number of ether oxygens (including phenoxy) is 1. The number of hydrogen-bond acceptors (Lipinski definition) is 3. The molecule has 1 amide bonds. The van der Waals surface area contributed by atoms with Crippen molar-refractivity contribution in [2.75, 3.05) is 20.3 Å². The molecule has 1 aromatic rings. The zero-order chi connectivity index (χ0) is 11.1. The van der Waals surface area contributed by atoms with E-state index in [2.05, 4.69) is 26.3 Å². The van der Waals surface area contributed by atoms with Crippen molar-refractivity contribution in [3.05, 3.63) is 16.9 Å². The number of aromatic nitrogens is 2. The van der Waals surface area contributed by atoms with Crippen molar-refractivity contribution in [3.8, 4) is 0 Å². The highest BCUT2D eigenvalue weighted by molar-refractivity contribution is 9.10. The van der Waals surface area contributed by atoms with Crippen molar-refractivity contribution in [3.63, 3.8) is 0 Å². The lowest BCUT2D eigenvalue weighted by Crippen LogP contribution is -2.27. The van der Waals surface area contributed by atoms with Crippen molar-refractivity contribution < 1.29 is 9.53 Å². The fourth-order valence-electron chi connectivity index (χ4n) is 1.06. The minimum absolute atomic E-state index is 0.0127. The number of rotatable bonds is 6. The van der Waals surface area contributed by atoms with Crippen LogP contribution in [0.5, 0.6) is 0 Å². The maximum atomic E-state index is 11.3. The second kappa shape index (κ2) is 6.58. The van der Waals surface area contributed by atoms with Gasteiger partial charge in [-0.25, -0.2) is 0 Å². The smallest absolute Gasteiger partial charge is 0.221 e. The Bertz CT molecular complexity index is 314. The van der Waals surface area contributed by atoms with Crippen molar-refractivity contribution in [1.29, 1.82) is 0 Å². The van der Waals surface area contributed by atoms with Gasteiger partial charge in [-0.05, 0) is 15.9 Å². The molecular weight excluding hydrogens is 262 g/mol. The number of carbonyl (C=O) groups excluding carboxylic acids is 1. The zero-order valence-corrected chi connectivity index (χ0v) is 10.2. The topological polar surface area (TPSA) is 56.1 Å². The third kappa shape index (κ3) is 4.94. The van der Waals surface area contributed by atoms with E-state index in [1.165, 1.54) is 0 Å². The van der Waals surface area contributed by atoms with Crippen LogP contribution in [0, 0.1) is 0 Å². The number of aryl methyl sites for hydroxylation is 1. The lowest BCUT2D eigenvalue weighted by Gasteiger charge is -2.04. The molecule has 0 aliphatic heterocycles. The van der Waals surface area contributed by atoms with Gasteiger partial charge in [0.2, 0.25) is 5.91 Å². The number of nitrogens with zero attached hydrogens (tertiary/aromatic N) is 2. The van der Waals surface area contributed by atoms with E-state index in [4.69, 9.17) is 4.74 Å². The van der Waals surface area contributed by atoms with Gasteiger partial charge >= 0.3 is 0 Å². The summed E-state index contributed by atoms with van der Waals surface area (Å²) >= 11 is 3.29. The fourth-order valence-corrected chi connectivity index (χ4v) is 1.39. The molecule has 84 valence electrons. The number of halogens is 1. The van der Waals surface area contributed by atoms with E-state index in [9.17, 15) is 4.79 Å². The SMILES string of the molecule is COCCNC(=O)CCn1cc(Br)cn1. The summed E-state index contributed by atoms with van der Waals surface area (Å²) in [5, 5.41) is 6.79. The van der Waals surface area contributed by atoms with Crippen LogP contribution in [0.15, 0.2) is 16.9 Å². The van der Waals surface area contributed by atoms with Gasteiger partial charge in [0, 0.05) is 32.8 Å². The van der Waals surface area contributed by atoms with Gasteiger partial charge in [0.05, 0.1) is 17.3 Å². The van der Waals surface area contributed by atoms with Crippen molar-refractivity contribution in [2.24, 2.45) is 0 Å². The molecule has 0 atom stereocenters. The molecule has 0 aliphatic rings. The highest BCUT2D eigenvalue weighted by atomic mass is 79.9. The van der Waals surface area contributed by atoms with Crippen LogP contribution in [0.25, 0.3) is 0 Å².